The lowest BCUT2D eigenvalue weighted by molar-refractivity contribution is 0.535. The Morgan fingerprint density at radius 2 is 1.75 bits per heavy atom. The van der Waals surface area contributed by atoms with Crippen molar-refractivity contribution in [3.63, 3.8) is 0 Å². The molecular formula is C14H16N2. The van der Waals surface area contributed by atoms with Crippen LogP contribution in [0.1, 0.15) is 37.7 Å². The summed E-state index contributed by atoms with van der Waals surface area (Å²) in [6, 6.07) is 14.1. The van der Waals surface area contributed by atoms with Crippen molar-refractivity contribution in [1.29, 1.82) is 10.5 Å². The Labute approximate surface area is 97.1 Å². The van der Waals surface area contributed by atoms with Crippen LogP contribution in [0.25, 0.3) is 0 Å². The van der Waals surface area contributed by atoms with E-state index in [-0.39, 0.29) is 5.92 Å². The van der Waals surface area contributed by atoms with Gasteiger partial charge in [0.25, 0.3) is 0 Å². The van der Waals surface area contributed by atoms with Crippen LogP contribution in [-0.4, -0.2) is 0 Å². The Morgan fingerprint density at radius 3 is 2.25 bits per heavy atom. The van der Waals surface area contributed by atoms with Gasteiger partial charge in [-0.15, -0.1) is 0 Å². The Bertz CT molecular complexity index is 369. The molecule has 16 heavy (non-hydrogen) atoms. The molecule has 0 aromatic heterocycles. The van der Waals surface area contributed by atoms with E-state index < -0.39 is 5.92 Å². The van der Waals surface area contributed by atoms with Crippen molar-refractivity contribution in [1.82, 2.24) is 0 Å². The molecule has 1 aromatic rings. The van der Waals surface area contributed by atoms with Crippen LogP contribution in [0.2, 0.25) is 0 Å². The number of nitrogens with zero attached hydrogens (tertiary/aromatic N) is 2. The lowest BCUT2D eigenvalue weighted by atomic mass is 9.84. The monoisotopic (exact) mass is 212 g/mol. The van der Waals surface area contributed by atoms with Crippen LogP contribution < -0.4 is 0 Å². The van der Waals surface area contributed by atoms with Crippen LogP contribution in [-0.2, 0) is 0 Å². The Morgan fingerprint density at radius 1 is 1.12 bits per heavy atom. The summed E-state index contributed by atoms with van der Waals surface area (Å²) < 4.78 is 0. The van der Waals surface area contributed by atoms with Gasteiger partial charge >= 0.3 is 0 Å². The number of hydrogen-bond donors (Lipinski definition) is 0. The van der Waals surface area contributed by atoms with E-state index in [4.69, 9.17) is 10.5 Å². The average molecular weight is 212 g/mol. The summed E-state index contributed by atoms with van der Waals surface area (Å²) in [4.78, 5) is 0. The van der Waals surface area contributed by atoms with Gasteiger partial charge in [-0.1, -0.05) is 50.1 Å². The fraction of sp³-hybridized carbons (Fsp3) is 0.429. The minimum Gasteiger partial charge on any atom is -0.197 e. The van der Waals surface area contributed by atoms with E-state index in [9.17, 15) is 0 Å². The first-order valence-electron chi connectivity index (χ1n) is 5.67. The highest BCUT2D eigenvalue weighted by Crippen LogP contribution is 2.29. The molecule has 0 amide bonds. The second-order valence-corrected chi connectivity index (χ2v) is 3.90. The molecule has 1 atom stereocenters. The van der Waals surface area contributed by atoms with Crippen molar-refractivity contribution >= 4 is 0 Å². The van der Waals surface area contributed by atoms with Crippen LogP contribution in [0.15, 0.2) is 30.3 Å². The number of benzene rings is 1. The molecule has 0 saturated carbocycles. The number of nitriles is 2. The standard InChI is InChI=1S/C14H16N2/c1-2-3-9-14(13(10-15)11-16)12-7-5-4-6-8-12/h4-8,13-14H,2-3,9H2,1H3. The van der Waals surface area contributed by atoms with Gasteiger partial charge in [-0.25, -0.2) is 0 Å². The third kappa shape index (κ3) is 3.11. The summed E-state index contributed by atoms with van der Waals surface area (Å²) in [5, 5.41) is 18.0. The second-order valence-electron chi connectivity index (χ2n) is 3.90. The molecular weight excluding hydrogens is 196 g/mol. The van der Waals surface area contributed by atoms with Crippen molar-refractivity contribution in [2.24, 2.45) is 5.92 Å². The lowest BCUT2D eigenvalue weighted by Gasteiger charge is -2.17. The maximum atomic E-state index is 8.98. The maximum Gasteiger partial charge on any atom is 0.140 e. The predicted octanol–water partition coefficient (Wildman–Crippen LogP) is 3.62. The van der Waals surface area contributed by atoms with E-state index in [0.717, 1.165) is 24.8 Å². The molecule has 82 valence electrons. The van der Waals surface area contributed by atoms with Crippen molar-refractivity contribution < 1.29 is 0 Å². The molecule has 0 aliphatic rings. The lowest BCUT2D eigenvalue weighted by Crippen LogP contribution is -2.09. The molecule has 1 rings (SSSR count). The molecule has 0 fully saturated rings. The van der Waals surface area contributed by atoms with Crippen molar-refractivity contribution in [3.05, 3.63) is 35.9 Å². The summed E-state index contributed by atoms with van der Waals surface area (Å²) in [5.74, 6) is -0.481. The quantitative estimate of drug-likeness (QED) is 0.748. The molecule has 0 radical (unpaired) electrons. The molecule has 0 bridgehead atoms. The number of rotatable bonds is 5. The fourth-order valence-electron chi connectivity index (χ4n) is 1.86. The molecule has 0 spiro atoms. The Hall–Kier alpha value is -1.80. The largest absolute Gasteiger partial charge is 0.197 e. The van der Waals surface area contributed by atoms with Gasteiger partial charge in [0.1, 0.15) is 5.92 Å². The fourth-order valence-corrected chi connectivity index (χ4v) is 1.86. The number of unbranched alkanes of at least 4 members (excludes halogenated alkanes) is 1. The highest BCUT2D eigenvalue weighted by Gasteiger charge is 2.21. The maximum absolute atomic E-state index is 8.98. The van der Waals surface area contributed by atoms with E-state index in [1.54, 1.807) is 0 Å². The Balaban J connectivity index is 2.88. The number of hydrogen-bond acceptors (Lipinski definition) is 2. The van der Waals surface area contributed by atoms with Gasteiger partial charge in [0.05, 0.1) is 12.1 Å². The van der Waals surface area contributed by atoms with Gasteiger partial charge in [-0.3, -0.25) is 0 Å². The molecule has 0 saturated heterocycles. The first kappa shape index (κ1) is 12.3. The van der Waals surface area contributed by atoms with Gasteiger partial charge < -0.3 is 0 Å². The Kier molecular flexibility index (Phi) is 5.09. The van der Waals surface area contributed by atoms with E-state index in [0.29, 0.717) is 0 Å². The van der Waals surface area contributed by atoms with Crippen LogP contribution in [0.4, 0.5) is 0 Å². The molecule has 2 heteroatoms. The van der Waals surface area contributed by atoms with Crippen LogP contribution >= 0.6 is 0 Å². The van der Waals surface area contributed by atoms with Crippen molar-refractivity contribution in [2.45, 2.75) is 32.1 Å². The minimum atomic E-state index is -0.533. The summed E-state index contributed by atoms with van der Waals surface area (Å²) in [5.41, 5.74) is 1.10. The van der Waals surface area contributed by atoms with Crippen LogP contribution in [0, 0.1) is 28.6 Å². The van der Waals surface area contributed by atoms with Crippen molar-refractivity contribution in [3.8, 4) is 12.1 Å². The molecule has 0 aliphatic carbocycles. The third-order valence-corrected chi connectivity index (χ3v) is 2.78. The summed E-state index contributed by atoms with van der Waals surface area (Å²) in [7, 11) is 0. The molecule has 1 aromatic carbocycles. The van der Waals surface area contributed by atoms with E-state index in [1.807, 2.05) is 30.3 Å². The van der Waals surface area contributed by atoms with E-state index >= 15 is 0 Å². The molecule has 0 N–H and O–H groups in total. The zero-order valence-electron chi connectivity index (χ0n) is 9.56. The normalized spacial score (nSPS) is 11.8. The van der Waals surface area contributed by atoms with Gasteiger partial charge in [0.2, 0.25) is 0 Å². The summed E-state index contributed by atoms with van der Waals surface area (Å²) >= 11 is 0. The van der Waals surface area contributed by atoms with Gasteiger partial charge in [0, 0.05) is 5.92 Å². The molecule has 1 unspecified atom stereocenters. The average Bonchev–Trinajstić information content (AvgIpc) is 2.35. The predicted molar refractivity (Wildman–Crippen MR) is 63.4 cm³/mol. The molecule has 2 nitrogen and oxygen atoms in total. The van der Waals surface area contributed by atoms with Gasteiger partial charge in [0.15, 0.2) is 0 Å². The summed E-state index contributed by atoms with van der Waals surface area (Å²) in [6.45, 7) is 2.12. The molecule has 0 aliphatic heterocycles. The first-order chi connectivity index (χ1) is 7.83. The minimum absolute atomic E-state index is 0.0520. The zero-order valence-corrected chi connectivity index (χ0v) is 9.56. The van der Waals surface area contributed by atoms with Crippen molar-refractivity contribution in [2.75, 3.05) is 0 Å². The van der Waals surface area contributed by atoms with Crippen LogP contribution in [0.5, 0.6) is 0 Å². The van der Waals surface area contributed by atoms with Crippen LogP contribution in [0.3, 0.4) is 0 Å². The van der Waals surface area contributed by atoms with Gasteiger partial charge in [-0.2, -0.15) is 10.5 Å². The summed E-state index contributed by atoms with van der Waals surface area (Å²) in [6.07, 6.45) is 3.05. The van der Waals surface area contributed by atoms with E-state index in [2.05, 4.69) is 19.1 Å². The zero-order chi connectivity index (χ0) is 11.8. The SMILES string of the molecule is CCCCC(c1ccccc1)C(C#N)C#N. The topological polar surface area (TPSA) is 47.6 Å². The smallest absolute Gasteiger partial charge is 0.140 e. The highest BCUT2D eigenvalue weighted by molar-refractivity contribution is 5.24. The first-order valence-corrected chi connectivity index (χ1v) is 5.67. The van der Waals surface area contributed by atoms with Gasteiger partial charge in [-0.05, 0) is 12.0 Å². The van der Waals surface area contributed by atoms with E-state index in [1.165, 1.54) is 0 Å². The third-order valence-electron chi connectivity index (χ3n) is 2.78. The second kappa shape index (κ2) is 6.64. The molecule has 0 heterocycles. The highest BCUT2D eigenvalue weighted by atomic mass is 14.4.